The van der Waals surface area contributed by atoms with Crippen molar-refractivity contribution in [2.75, 3.05) is 13.2 Å². The van der Waals surface area contributed by atoms with Gasteiger partial charge in [-0.1, -0.05) is 24.3 Å². The fourth-order valence-corrected chi connectivity index (χ4v) is 4.19. The maximum Gasteiger partial charge on any atom is 0.405 e. The van der Waals surface area contributed by atoms with Gasteiger partial charge < -0.3 is 10.1 Å². The highest BCUT2D eigenvalue weighted by atomic mass is 32.1. The first-order chi connectivity index (χ1) is 14.8. The largest absolute Gasteiger partial charge is 0.452 e. The molecule has 1 aliphatic rings. The number of nitrogens with one attached hydrogen (secondary N) is 1. The third-order valence-corrected chi connectivity index (χ3v) is 5.65. The van der Waals surface area contributed by atoms with Crippen LogP contribution in [0.1, 0.15) is 32.9 Å². The van der Waals surface area contributed by atoms with E-state index in [9.17, 15) is 22.8 Å². The summed E-state index contributed by atoms with van der Waals surface area (Å²) in [5.41, 5.74) is 3.34. The SMILES string of the molecule is O=C(COC(=O)c1c2c(nc3ccccc13)/C(=C\c1cccs1)CC2)NCC(F)(F)F. The minimum atomic E-state index is -4.53. The summed E-state index contributed by atoms with van der Waals surface area (Å²) >= 11 is 1.60. The van der Waals surface area contributed by atoms with Crippen molar-refractivity contribution >= 4 is 45.8 Å². The number of esters is 1. The summed E-state index contributed by atoms with van der Waals surface area (Å²) in [6, 6.07) is 11.0. The summed E-state index contributed by atoms with van der Waals surface area (Å²) in [4.78, 5) is 30.3. The number of rotatable bonds is 5. The molecule has 1 amide bonds. The van der Waals surface area contributed by atoms with Crippen molar-refractivity contribution in [1.82, 2.24) is 10.3 Å². The van der Waals surface area contributed by atoms with Crippen molar-refractivity contribution in [3.8, 4) is 0 Å². The van der Waals surface area contributed by atoms with E-state index in [-0.39, 0.29) is 0 Å². The number of ether oxygens (including phenoxy) is 1. The van der Waals surface area contributed by atoms with Gasteiger partial charge in [0, 0.05) is 10.3 Å². The van der Waals surface area contributed by atoms with Crippen molar-refractivity contribution in [3.05, 3.63) is 63.5 Å². The Morgan fingerprint density at radius 2 is 1.97 bits per heavy atom. The van der Waals surface area contributed by atoms with Gasteiger partial charge in [-0.05, 0) is 47.6 Å². The molecule has 0 aliphatic heterocycles. The molecule has 0 saturated carbocycles. The molecule has 0 fully saturated rings. The van der Waals surface area contributed by atoms with E-state index in [4.69, 9.17) is 9.72 Å². The van der Waals surface area contributed by atoms with Crippen LogP contribution in [0.15, 0.2) is 41.8 Å². The Kier molecular flexibility index (Phi) is 5.77. The second-order valence-corrected chi connectivity index (χ2v) is 7.96. The normalized spacial score (nSPS) is 14.6. The van der Waals surface area contributed by atoms with Gasteiger partial charge in [0.2, 0.25) is 0 Å². The number of aromatic nitrogens is 1. The van der Waals surface area contributed by atoms with Gasteiger partial charge >= 0.3 is 12.1 Å². The first-order valence-corrected chi connectivity index (χ1v) is 10.4. The predicted octanol–water partition coefficient (Wildman–Crippen LogP) is 4.62. The van der Waals surface area contributed by atoms with Crippen LogP contribution in [0.25, 0.3) is 22.6 Å². The molecule has 9 heteroatoms. The van der Waals surface area contributed by atoms with E-state index in [2.05, 4.69) is 0 Å². The molecule has 3 aromatic rings. The maximum absolute atomic E-state index is 12.9. The predicted molar refractivity (Wildman–Crippen MR) is 112 cm³/mol. The number of nitrogens with zero attached hydrogens (tertiary/aromatic N) is 1. The highest BCUT2D eigenvalue weighted by molar-refractivity contribution is 7.10. The summed E-state index contributed by atoms with van der Waals surface area (Å²) in [6.45, 7) is -2.27. The molecule has 160 valence electrons. The molecule has 0 spiro atoms. The molecule has 0 atom stereocenters. The second-order valence-electron chi connectivity index (χ2n) is 6.98. The number of amides is 1. The van der Waals surface area contributed by atoms with Crippen LogP contribution in [0.5, 0.6) is 0 Å². The van der Waals surface area contributed by atoms with Crippen LogP contribution in [0.4, 0.5) is 13.2 Å². The van der Waals surface area contributed by atoms with Crippen LogP contribution in [-0.4, -0.2) is 36.2 Å². The average Bonchev–Trinajstić information content (AvgIpc) is 3.39. The van der Waals surface area contributed by atoms with E-state index >= 15 is 0 Å². The van der Waals surface area contributed by atoms with Crippen LogP contribution in [0.2, 0.25) is 0 Å². The van der Waals surface area contributed by atoms with Crippen molar-refractivity contribution in [2.45, 2.75) is 19.0 Å². The summed E-state index contributed by atoms with van der Waals surface area (Å²) in [5.74, 6) is -1.77. The number of carbonyl (C=O) groups excluding carboxylic acids is 2. The lowest BCUT2D eigenvalue weighted by molar-refractivity contribution is -0.140. The minimum Gasteiger partial charge on any atom is -0.452 e. The topological polar surface area (TPSA) is 68.3 Å². The molecule has 2 aromatic heterocycles. The molecule has 31 heavy (non-hydrogen) atoms. The molecule has 2 heterocycles. The summed E-state index contributed by atoms with van der Waals surface area (Å²) in [7, 11) is 0. The lowest BCUT2D eigenvalue weighted by Crippen LogP contribution is -2.36. The number of hydrogen-bond acceptors (Lipinski definition) is 5. The van der Waals surface area contributed by atoms with Crippen molar-refractivity contribution < 1.29 is 27.5 Å². The molecule has 0 radical (unpaired) electrons. The highest BCUT2D eigenvalue weighted by Crippen LogP contribution is 2.38. The van der Waals surface area contributed by atoms with Gasteiger partial charge in [-0.2, -0.15) is 13.2 Å². The van der Waals surface area contributed by atoms with Gasteiger partial charge in [0.05, 0.1) is 16.8 Å². The van der Waals surface area contributed by atoms with Crippen LogP contribution >= 0.6 is 11.3 Å². The van der Waals surface area contributed by atoms with E-state index in [1.54, 1.807) is 40.9 Å². The van der Waals surface area contributed by atoms with Gasteiger partial charge in [0.1, 0.15) is 6.54 Å². The van der Waals surface area contributed by atoms with Crippen LogP contribution in [0.3, 0.4) is 0 Å². The third kappa shape index (κ3) is 4.77. The van der Waals surface area contributed by atoms with Crippen molar-refractivity contribution in [2.24, 2.45) is 0 Å². The fourth-order valence-electron chi connectivity index (χ4n) is 3.51. The molecular formula is C22H17F3N2O3S. The fraction of sp³-hybridized carbons (Fsp3) is 0.227. The number of pyridine rings is 1. The summed E-state index contributed by atoms with van der Waals surface area (Å²) in [6.07, 6.45) is -1.22. The molecule has 0 unspecified atom stereocenters. The number of allylic oxidation sites excluding steroid dienone is 1. The van der Waals surface area contributed by atoms with Gasteiger partial charge in [0.25, 0.3) is 5.91 Å². The van der Waals surface area contributed by atoms with Crippen molar-refractivity contribution in [1.29, 1.82) is 0 Å². The lowest BCUT2D eigenvalue weighted by atomic mass is 10.0. The molecule has 4 rings (SSSR count). The van der Waals surface area contributed by atoms with Crippen LogP contribution < -0.4 is 5.32 Å². The quantitative estimate of drug-likeness (QED) is 0.581. The van der Waals surface area contributed by atoms with E-state index < -0.39 is 31.2 Å². The summed E-state index contributed by atoms with van der Waals surface area (Å²) in [5, 5.41) is 4.25. The monoisotopic (exact) mass is 446 g/mol. The van der Waals surface area contributed by atoms with Crippen LogP contribution in [-0.2, 0) is 16.0 Å². The lowest BCUT2D eigenvalue weighted by Gasteiger charge is -2.13. The number of carbonyl (C=O) groups is 2. The van der Waals surface area contributed by atoms with Gasteiger partial charge in [-0.3, -0.25) is 4.79 Å². The van der Waals surface area contributed by atoms with E-state index in [0.29, 0.717) is 35.0 Å². The highest BCUT2D eigenvalue weighted by Gasteiger charge is 2.29. The maximum atomic E-state index is 12.9. The van der Waals surface area contributed by atoms with Gasteiger partial charge in [-0.25, -0.2) is 9.78 Å². The standard InChI is InChI=1S/C22H17F3N2O3S/c23-22(24,25)12-26-18(28)11-30-21(29)19-15-5-1-2-6-17(15)27-20-13(7-8-16(19)20)10-14-4-3-9-31-14/h1-6,9-10H,7-8,11-12H2,(H,26,28)/b13-10-. The molecular weight excluding hydrogens is 429 g/mol. The zero-order valence-electron chi connectivity index (χ0n) is 16.2. The Bertz CT molecular complexity index is 1170. The minimum absolute atomic E-state index is 0.304. The van der Waals surface area contributed by atoms with E-state index in [1.807, 2.05) is 23.6 Å². The number of benzene rings is 1. The number of halogens is 3. The Balaban J connectivity index is 1.63. The Morgan fingerprint density at radius 3 is 2.71 bits per heavy atom. The average molecular weight is 446 g/mol. The van der Waals surface area contributed by atoms with Crippen LogP contribution in [0, 0.1) is 0 Å². The van der Waals surface area contributed by atoms with E-state index in [1.165, 1.54) is 0 Å². The number of thiophene rings is 1. The van der Waals surface area contributed by atoms with Gasteiger partial charge in [-0.15, -0.1) is 11.3 Å². The molecule has 1 aromatic carbocycles. The number of hydrogen-bond donors (Lipinski definition) is 1. The Hall–Kier alpha value is -3.20. The third-order valence-electron chi connectivity index (χ3n) is 4.83. The zero-order chi connectivity index (χ0) is 22.0. The Morgan fingerprint density at radius 1 is 1.16 bits per heavy atom. The van der Waals surface area contributed by atoms with Crippen molar-refractivity contribution in [3.63, 3.8) is 0 Å². The second kappa shape index (κ2) is 8.50. The number of fused-ring (bicyclic) bond motifs is 2. The first-order valence-electron chi connectivity index (χ1n) is 9.48. The molecule has 1 aliphatic carbocycles. The Labute approximate surface area is 179 Å². The number of alkyl halides is 3. The smallest absolute Gasteiger partial charge is 0.405 e. The molecule has 0 bridgehead atoms. The zero-order valence-corrected chi connectivity index (χ0v) is 17.0. The number of para-hydroxylation sites is 1. The molecule has 1 N–H and O–H groups in total. The molecule has 0 saturated heterocycles. The first kappa shape index (κ1) is 21.0. The van der Waals surface area contributed by atoms with E-state index in [0.717, 1.165) is 16.0 Å². The van der Waals surface area contributed by atoms with Gasteiger partial charge in [0.15, 0.2) is 6.61 Å². The molecule has 5 nitrogen and oxygen atoms in total. The summed E-state index contributed by atoms with van der Waals surface area (Å²) < 4.78 is 41.8.